The maximum absolute atomic E-state index is 13.1. The molecular formula is C15H30N2O3. The second kappa shape index (κ2) is 8.60. The summed E-state index contributed by atoms with van der Waals surface area (Å²) < 4.78 is 10.6. The van der Waals surface area contributed by atoms with Crippen molar-refractivity contribution in [3.63, 3.8) is 0 Å². The highest BCUT2D eigenvalue weighted by Crippen LogP contribution is 2.32. The molecule has 1 fully saturated rings. The molecule has 0 aromatic carbocycles. The van der Waals surface area contributed by atoms with E-state index in [0.717, 1.165) is 25.7 Å². The molecule has 2 N–H and O–H groups in total. The van der Waals surface area contributed by atoms with E-state index in [1.165, 1.54) is 0 Å². The normalized spacial score (nSPS) is 18.2. The zero-order valence-corrected chi connectivity index (χ0v) is 13.2. The SMILES string of the molecule is CCC(CC)N(CCOC)C(=O)C1(CN)CCOCC1. The Morgan fingerprint density at radius 1 is 1.35 bits per heavy atom. The third-order valence-corrected chi connectivity index (χ3v) is 4.47. The molecule has 5 nitrogen and oxygen atoms in total. The molecule has 1 rings (SSSR count). The predicted octanol–water partition coefficient (Wildman–Crippen LogP) is 1.41. The monoisotopic (exact) mass is 286 g/mol. The van der Waals surface area contributed by atoms with Crippen LogP contribution in [0.15, 0.2) is 0 Å². The van der Waals surface area contributed by atoms with Gasteiger partial charge in [-0.05, 0) is 25.7 Å². The van der Waals surface area contributed by atoms with Gasteiger partial charge >= 0.3 is 0 Å². The third kappa shape index (κ3) is 3.93. The molecule has 5 heteroatoms. The van der Waals surface area contributed by atoms with Gasteiger partial charge in [-0.3, -0.25) is 4.79 Å². The van der Waals surface area contributed by atoms with Gasteiger partial charge in [0.05, 0.1) is 12.0 Å². The molecule has 0 bridgehead atoms. The van der Waals surface area contributed by atoms with E-state index in [1.807, 2.05) is 4.90 Å². The highest BCUT2D eigenvalue weighted by Gasteiger charge is 2.42. The summed E-state index contributed by atoms with van der Waals surface area (Å²) in [5.74, 6) is 0.189. The summed E-state index contributed by atoms with van der Waals surface area (Å²) in [5, 5.41) is 0. The number of rotatable bonds is 8. The molecule has 0 saturated carbocycles. The van der Waals surface area contributed by atoms with Crippen LogP contribution in [0.25, 0.3) is 0 Å². The van der Waals surface area contributed by atoms with Crippen LogP contribution in [0.1, 0.15) is 39.5 Å². The van der Waals surface area contributed by atoms with Gasteiger partial charge in [0, 0.05) is 39.5 Å². The average molecular weight is 286 g/mol. The second-order valence-corrected chi connectivity index (χ2v) is 5.56. The first-order valence-corrected chi connectivity index (χ1v) is 7.73. The fourth-order valence-corrected chi connectivity index (χ4v) is 2.94. The fraction of sp³-hybridized carbons (Fsp3) is 0.933. The van der Waals surface area contributed by atoms with E-state index in [2.05, 4.69) is 13.8 Å². The average Bonchev–Trinajstić information content (AvgIpc) is 2.51. The third-order valence-electron chi connectivity index (χ3n) is 4.47. The minimum Gasteiger partial charge on any atom is -0.383 e. The van der Waals surface area contributed by atoms with Crippen molar-refractivity contribution >= 4 is 5.91 Å². The minimum absolute atomic E-state index is 0.189. The largest absolute Gasteiger partial charge is 0.383 e. The lowest BCUT2D eigenvalue weighted by molar-refractivity contribution is -0.150. The van der Waals surface area contributed by atoms with Crippen molar-refractivity contribution in [1.82, 2.24) is 4.90 Å². The van der Waals surface area contributed by atoms with Gasteiger partial charge in [-0.1, -0.05) is 13.8 Å². The zero-order valence-electron chi connectivity index (χ0n) is 13.2. The Morgan fingerprint density at radius 3 is 2.40 bits per heavy atom. The molecule has 0 atom stereocenters. The molecule has 1 aliphatic heterocycles. The molecule has 0 unspecified atom stereocenters. The highest BCUT2D eigenvalue weighted by atomic mass is 16.5. The topological polar surface area (TPSA) is 64.8 Å². The Bertz CT molecular complexity index is 287. The lowest BCUT2D eigenvalue weighted by atomic mass is 9.78. The first kappa shape index (κ1) is 17.4. The molecule has 0 aromatic heterocycles. The summed E-state index contributed by atoms with van der Waals surface area (Å²) >= 11 is 0. The molecule has 20 heavy (non-hydrogen) atoms. The summed E-state index contributed by atoms with van der Waals surface area (Å²) in [4.78, 5) is 15.0. The number of nitrogens with zero attached hydrogens (tertiary/aromatic N) is 1. The van der Waals surface area contributed by atoms with E-state index in [0.29, 0.717) is 32.9 Å². The summed E-state index contributed by atoms with van der Waals surface area (Å²) in [6.45, 7) is 7.12. The van der Waals surface area contributed by atoms with Crippen LogP contribution in [-0.4, -0.2) is 56.9 Å². The van der Waals surface area contributed by atoms with Gasteiger partial charge < -0.3 is 20.1 Å². The first-order chi connectivity index (χ1) is 9.65. The molecule has 0 aromatic rings. The van der Waals surface area contributed by atoms with E-state index in [4.69, 9.17) is 15.2 Å². The lowest BCUT2D eigenvalue weighted by Crippen LogP contribution is -2.54. The lowest BCUT2D eigenvalue weighted by Gasteiger charge is -2.41. The Morgan fingerprint density at radius 2 is 1.95 bits per heavy atom. The van der Waals surface area contributed by atoms with E-state index in [9.17, 15) is 4.79 Å². The van der Waals surface area contributed by atoms with Crippen LogP contribution in [0.5, 0.6) is 0 Å². The molecular weight excluding hydrogens is 256 g/mol. The molecule has 1 heterocycles. The van der Waals surface area contributed by atoms with Crippen LogP contribution in [0.2, 0.25) is 0 Å². The summed E-state index contributed by atoms with van der Waals surface area (Å²) in [6.07, 6.45) is 3.38. The molecule has 118 valence electrons. The fourth-order valence-electron chi connectivity index (χ4n) is 2.94. The number of methoxy groups -OCH3 is 1. The van der Waals surface area contributed by atoms with Crippen molar-refractivity contribution in [2.24, 2.45) is 11.1 Å². The Hall–Kier alpha value is -0.650. The van der Waals surface area contributed by atoms with E-state index in [-0.39, 0.29) is 11.9 Å². The first-order valence-electron chi connectivity index (χ1n) is 7.73. The molecule has 0 aliphatic carbocycles. The van der Waals surface area contributed by atoms with Crippen LogP contribution in [0.4, 0.5) is 0 Å². The second-order valence-electron chi connectivity index (χ2n) is 5.56. The van der Waals surface area contributed by atoms with Crippen molar-refractivity contribution in [2.75, 3.05) is 40.0 Å². The van der Waals surface area contributed by atoms with Crippen LogP contribution in [-0.2, 0) is 14.3 Å². The highest BCUT2D eigenvalue weighted by molar-refractivity contribution is 5.83. The van der Waals surface area contributed by atoms with E-state index >= 15 is 0 Å². The number of amides is 1. The molecule has 0 radical (unpaired) electrons. The summed E-state index contributed by atoms with van der Waals surface area (Å²) in [5.41, 5.74) is 5.52. The number of hydrogen-bond donors (Lipinski definition) is 1. The standard InChI is InChI=1S/C15H30N2O3/c1-4-13(5-2)17(8-11-19-3)14(18)15(12-16)6-9-20-10-7-15/h13H,4-12,16H2,1-3H3. The Kier molecular flexibility index (Phi) is 7.48. The molecule has 1 aliphatic rings. The van der Waals surface area contributed by atoms with Crippen LogP contribution < -0.4 is 5.73 Å². The summed E-state index contributed by atoms with van der Waals surface area (Å²) in [7, 11) is 1.67. The van der Waals surface area contributed by atoms with Crippen LogP contribution >= 0.6 is 0 Å². The molecule has 0 spiro atoms. The van der Waals surface area contributed by atoms with Gasteiger partial charge in [-0.2, -0.15) is 0 Å². The maximum Gasteiger partial charge on any atom is 0.230 e. The number of carbonyl (C=O) groups excluding carboxylic acids is 1. The minimum atomic E-state index is -0.436. The van der Waals surface area contributed by atoms with Crippen LogP contribution in [0.3, 0.4) is 0 Å². The quantitative estimate of drug-likeness (QED) is 0.732. The number of carbonyl (C=O) groups is 1. The molecule has 1 amide bonds. The number of nitrogens with two attached hydrogens (primary N) is 1. The van der Waals surface area contributed by atoms with Crippen molar-refractivity contribution in [1.29, 1.82) is 0 Å². The Labute approximate surface area is 122 Å². The summed E-state index contributed by atoms with van der Waals surface area (Å²) in [6, 6.07) is 0.268. The zero-order chi connectivity index (χ0) is 15.0. The van der Waals surface area contributed by atoms with E-state index in [1.54, 1.807) is 7.11 Å². The van der Waals surface area contributed by atoms with Crippen molar-refractivity contribution < 1.29 is 14.3 Å². The van der Waals surface area contributed by atoms with E-state index < -0.39 is 5.41 Å². The molecule has 1 saturated heterocycles. The van der Waals surface area contributed by atoms with Gasteiger partial charge in [0.2, 0.25) is 5.91 Å². The number of ether oxygens (including phenoxy) is 2. The van der Waals surface area contributed by atoms with Crippen molar-refractivity contribution in [2.45, 2.75) is 45.6 Å². The smallest absolute Gasteiger partial charge is 0.230 e. The van der Waals surface area contributed by atoms with Gasteiger partial charge in [0.1, 0.15) is 0 Å². The Balaban J connectivity index is 2.88. The van der Waals surface area contributed by atoms with Gasteiger partial charge in [0.25, 0.3) is 0 Å². The van der Waals surface area contributed by atoms with Gasteiger partial charge in [-0.25, -0.2) is 0 Å². The van der Waals surface area contributed by atoms with Crippen molar-refractivity contribution in [3.05, 3.63) is 0 Å². The number of hydrogen-bond acceptors (Lipinski definition) is 4. The van der Waals surface area contributed by atoms with Crippen molar-refractivity contribution in [3.8, 4) is 0 Å². The predicted molar refractivity (Wildman–Crippen MR) is 79.5 cm³/mol. The maximum atomic E-state index is 13.1. The van der Waals surface area contributed by atoms with Gasteiger partial charge in [0.15, 0.2) is 0 Å². The van der Waals surface area contributed by atoms with Crippen LogP contribution in [0, 0.1) is 5.41 Å². The van der Waals surface area contributed by atoms with Gasteiger partial charge in [-0.15, -0.1) is 0 Å².